The molecule has 0 spiro atoms. The van der Waals surface area contributed by atoms with Gasteiger partial charge in [0.05, 0.1) is 16.8 Å². The smallest absolute Gasteiger partial charge is 0.266 e. The zero-order chi connectivity index (χ0) is 16.2. The molecule has 6 heteroatoms. The van der Waals surface area contributed by atoms with Crippen LogP contribution in [-0.2, 0) is 0 Å². The Bertz CT molecular complexity index is 816. The van der Waals surface area contributed by atoms with Crippen LogP contribution in [0.1, 0.15) is 15.2 Å². The van der Waals surface area contributed by atoms with Crippen molar-refractivity contribution in [1.29, 1.82) is 0 Å². The number of nitrogens with zero attached hydrogens (tertiary/aromatic N) is 1. The van der Waals surface area contributed by atoms with Crippen LogP contribution >= 0.6 is 22.9 Å². The second-order valence-corrected chi connectivity index (χ2v) is 6.33. The number of thiophene rings is 1. The van der Waals surface area contributed by atoms with Crippen LogP contribution in [0.25, 0.3) is 0 Å². The van der Waals surface area contributed by atoms with Gasteiger partial charge in [-0.3, -0.25) is 4.79 Å². The molecule has 1 aromatic carbocycles. The van der Waals surface area contributed by atoms with Crippen molar-refractivity contribution in [2.75, 3.05) is 10.6 Å². The molecule has 0 atom stereocenters. The van der Waals surface area contributed by atoms with Crippen LogP contribution in [0, 0.1) is 6.92 Å². The van der Waals surface area contributed by atoms with Crippen molar-refractivity contribution in [3.05, 3.63) is 69.5 Å². The molecule has 0 aliphatic carbocycles. The molecule has 0 saturated carbocycles. The largest absolute Gasteiger partial charge is 0.354 e. The summed E-state index contributed by atoms with van der Waals surface area (Å²) in [6.07, 6.45) is 1.67. The highest BCUT2D eigenvalue weighted by Crippen LogP contribution is 2.24. The highest BCUT2D eigenvalue weighted by molar-refractivity contribution is 7.12. The summed E-state index contributed by atoms with van der Waals surface area (Å²) in [5.41, 5.74) is 2.84. The van der Waals surface area contributed by atoms with Crippen molar-refractivity contribution in [2.24, 2.45) is 0 Å². The molecule has 2 N–H and O–H groups in total. The zero-order valence-electron chi connectivity index (χ0n) is 12.3. The molecule has 0 bridgehead atoms. The Balaban J connectivity index is 1.70. The summed E-state index contributed by atoms with van der Waals surface area (Å²) < 4.78 is 0. The van der Waals surface area contributed by atoms with E-state index in [4.69, 9.17) is 11.6 Å². The van der Waals surface area contributed by atoms with Gasteiger partial charge in [-0.15, -0.1) is 11.3 Å². The molecule has 0 aliphatic rings. The van der Waals surface area contributed by atoms with Gasteiger partial charge in [-0.2, -0.15) is 0 Å². The fourth-order valence-corrected chi connectivity index (χ4v) is 2.80. The van der Waals surface area contributed by atoms with Gasteiger partial charge in [-0.25, -0.2) is 4.98 Å². The van der Waals surface area contributed by atoms with Crippen molar-refractivity contribution in [2.45, 2.75) is 6.92 Å². The van der Waals surface area contributed by atoms with E-state index < -0.39 is 0 Å². The van der Waals surface area contributed by atoms with Gasteiger partial charge in [0.25, 0.3) is 5.91 Å². The first kappa shape index (κ1) is 15.5. The normalized spacial score (nSPS) is 10.3. The molecule has 0 unspecified atom stereocenters. The van der Waals surface area contributed by atoms with E-state index >= 15 is 0 Å². The summed E-state index contributed by atoms with van der Waals surface area (Å²) in [6, 6.07) is 12.9. The fourth-order valence-electron chi connectivity index (χ4n) is 2.01. The van der Waals surface area contributed by atoms with Crippen molar-refractivity contribution >= 4 is 46.0 Å². The summed E-state index contributed by atoms with van der Waals surface area (Å²) in [5.74, 6) is 0.357. The predicted molar refractivity (Wildman–Crippen MR) is 96.0 cm³/mol. The topological polar surface area (TPSA) is 54.0 Å². The van der Waals surface area contributed by atoms with Gasteiger partial charge < -0.3 is 10.6 Å². The van der Waals surface area contributed by atoms with Crippen LogP contribution in [0.3, 0.4) is 0 Å². The molecule has 0 fully saturated rings. The second-order valence-electron chi connectivity index (χ2n) is 4.95. The van der Waals surface area contributed by atoms with Gasteiger partial charge in [0.15, 0.2) is 0 Å². The standard InChI is InChI=1S/C17H14ClN3OS/c1-11-4-5-12(18)9-14(11)20-13-6-7-16(19-10-13)21-17(22)15-3-2-8-23-15/h2-10,20H,1H3,(H,19,21,22). The maximum Gasteiger partial charge on any atom is 0.266 e. The molecule has 2 aromatic heterocycles. The lowest BCUT2D eigenvalue weighted by Crippen LogP contribution is -2.11. The molecule has 116 valence electrons. The molecule has 3 rings (SSSR count). The summed E-state index contributed by atoms with van der Waals surface area (Å²) >= 11 is 7.41. The van der Waals surface area contributed by atoms with Crippen LogP contribution in [0.4, 0.5) is 17.2 Å². The number of hydrogen-bond donors (Lipinski definition) is 2. The number of benzene rings is 1. The van der Waals surface area contributed by atoms with Gasteiger partial charge in [0.2, 0.25) is 0 Å². The number of anilines is 3. The molecule has 1 amide bonds. The molecule has 4 nitrogen and oxygen atoms in total. The van der Waals surface area contributed by atoms with E-state index in [-0.39, 0.29) is 5.91 Å². The number of rotatable bonds is 4. The van der Waals surface area contributed by atoms with Crippen molar-refractivity contribution in [1.82, 2.24) is 4.98 Å². The number of halogens is 1. The molecular weight excluding hydrogens is 330 g/mol. The van der Waals surface area contributed by atoms with Crippen molar-refractivity contribution in [3.8, 4) is 0 Å². The minimum absolute atomic E-state index is 0.154. The SMILES string of the molecule is Cc1ccc(Cl)cc1Nc1ccc(NC(=O)c2cccs2)nc1. The van der Waals surface area contributed by atoms with Gasteiger partial charge in [0, 0.05) is 10.7 Å². The maximum absolute atomic E-state index is 12.0. The summed E-state index contributed by atoms with van der Waals surface area (Å²) in [7, 11) is 0. The lowest BCUT2D eigenvalue weighted by atomic mass is 10.2. The van der Waals surface area contributed by atoms with E-state index in [0.717, 1.165) is 16.9 Å². The van der Waals surface area contributed by atoms with E-state index in [2.05, 4.69) is 15.6 Å². The molecule has 0 aliphatic heterocycles. The van der Waals surface area contributed by atoms with Gasteiger partial charge in [-0.05, 0) is 48.2 Å². The molecule has 0 saturated heterocycles. The monoisotopic (exact) mass is 343 g/mol. The van der Waals surface area contributed by atoms with E-state index in [1.54, 1.807) is 18.3 Å². The van der Waals surface area contributed by atoms with Crippen LogP contribution in [-0.4, -0.2) is 10.9 Å². The first-order valence-electron chi connectivity index (χ1n) is 6.96. The van der Waals surface area contributed by atoms with E-state index in [0.29, 0.717) is 15.7 Å². The van der Waals surface area contributed by atoms with Crippen molar-refractivity contribution in [3.63, 3.8) is 0 Å². The third-order valence-electron chi connectivity index (χ3n) is 3.23. The average molecular weight is 344 g/mol. The molecule has 0 radical (unpaired) electrons. The molecule has 3 aromatic rings. The van der Waals surface area contributed by atoms with Gasteiger partial charge in [-0.1, -0.05) is 23.7 Å². The number of carbonyl (C=O) groups is 1. The lowest BCUT2D eigenvalue weighted by Gasteiger charge is -2.10. The Labute approximate surface area is 143 Å². The zero-order valence-corrected chi connectivity index (χ0v) is 13.9. The van der Waals surface area contributed by atoms with Gasteiger partial charge in [0.1, 0.15) is 5.82 Å². The van der Waals surface area contributed by atoms with Crippen LogP contribution in [0.2, 0.25) is 5.02 Å². The Hall–Kier alpha value is -2.37. The predicted octanol–water partition coefficient (Wildman–Crippen LogP) is 5.10. The number of aryl methyl sites for hydroxylation is 1. The number of nitrogens with one attached hydrogen (secondary N) is 2. The summed E-state index contributed by atoms with van der Waals surface area (Å²) in [5, 5.41) is 8.57. The lowest BCUT2D eigenvalue weighted by molar-refractivity contribution is 0.103. The van der Waals surface area contributed by atoms with Crippen molar-refractivity contribution < 1.29 is 4.79 Å². The van der Waals surface area contributed by atoms with Crippen LogP contribution in [0.5, 0.6) is 0 Å². The number of carbonyl (C=O) groups excluding carboxylic acids is 1. The number of pyridine rings is 1. The highest BCUT2D eigenvalue weighted by Gasteiger charge is 2.07. The Morgan fingerprint density at radius 1 is 1.22 bits per heavy atom. The van der Waals surface area contributed by atoms with E-state index in [1.165, 1.54) is 11.3 Å². The minimum atomic E-state index is -0.154. The van der Waals surface area contributed by atoms with Gasteiger partial charge >= 0.3 is 0 Å². The molecule has 23 heavy (non-hydrogen) atoms. The Morgan fingerprint density at radius 3 is 2.78 bits per heavy atom. The first-order chi connectivity index (χ1) is 11.1. The third kappa shape index (κ3) is 3.88. The van der Waals surface area contributed by atoms with Crippen LogP contribution in [0.15, 0.2) is 54.0 Å². The first-order valence-corrected chi connectivity index (χ1v) is 8.22. The number of aromatic nitrogens is 1. The third-order valence-corrected chi connectivity index (χ3v) is 4.33. The Morgan fingerprint density at radius 2 is 2.09 bits per heavy atom. The minimum Gasteiger partial charge on any atom is -0.354 e. The highest BCUT2D eigenvalue weighted by atomic mass is 35.5. The Kier molecular flexibility index (Phi) is 4.60. The number of amides is 1. The summed E-state index contributed by atoms with van der Waals surface area (Å²) in [6.45, 7) is 2.00. The number of hydrogen-bond acceptors (Lipinski definition) is 4. The summed E-state index contributed by atoms with van der Waals surface area (Å²) in [4.78, 5) is 16.9. The quantitative estimate of drug-likeness (QED) is 0.692. The fraction of sp³-hybridized carbons (Fsp3) is 0.0588. The molecular formula is C17H14ClN3OS. The maximum atomic E-state index is 12.0. The van der Waals surface area contributed by atoms with Crippen LogP contribution < -0.4 is 10.6 Å². The van der Waals surface area contributed by atoms with E-state index in [9.17, 15) is 4.79 Å². The molecule has 2 heterocycles. The average Bonchev–Trinajstić information content (AvgIpc) is 3.07. The second kappa shape index (κ2) is 6.81. The van der Waals surface area contributed by atoms with E-state index in [1.807, 2.05) is 42.6 Å².